The molecule has 39 heavy (non-hydrogen) atoms. The smallest absolute Gasteiger partial charge is 0.378 e. The number of anilines is 1. The third-order valence-corrected chi connectivity index (χ3v) is 8.04. The van der Waals surface area contributed by atoms with Crippen LogP contribution in [0.1, 0.15) is 35.5 Å². The minimum Gasteiger partial charge on any atom is -0.378 e. The molecule has 0 aliphatic heterocycles. The predicted molar refractivity (Wildman–Crippen MR) is 151 cm³/mol. The Balaban J connectivity index is 1.70. The van der Waals surface area contributed by atoms with Gasteiger partial charge >= 0.3 is 15.7 Å². The van der Waals surface area contributed by atoms with Gasteiger partial charge in [-0.15, -0.1) is 0 Å². The van der Waals surface area contributed by atoms with Crippen molar-refractivity contribution in [2.45, 2.75) is 32.1 Å². The van der Waals surface area contributed by atoms with Crippen molar-refractivity contribution in [1.29, 1.82) is 0 Å². The fourth-order valence-corrected chi connectivity index (χ4v) is 5.49. The zero-order chi connectivity index (χ0) is 27.9. The molecule has 1 aromatic heterocycles. The molecule has 9 heteroatoms. The van der Waals surface area contributed by atoms with E-state index in [1.54, 1.807) is 16.8 Å². The van der Waals surface area contributed by atoms with Crippen LogP contribution < -0.4 is 4.90 Å². The second kappa shape index (κ2) is 9.76. The summed E-state index contributed by atoms with van der Waals surface area (Å²) in [5, 5.41) is 4.88. The van der Waals surface area contributed by atoms with Crippen molar-refractivity contribution in [3.63, 3.8) is 0 Å². The topological polar surface area (TPSA) is 98.7 Å². The highest BCUT2D eigenvalue weighted by molar-refractivity contribution is 7.89. The van der Waals surface area contributed by atoms with Gasteiger partial charge in [-0.05, 0) is 57.2 Å². The van der Waals surface area contributed by atoms with Crippen LogP contribution in [0.25, 0.3) is 16.9 Å². The molecule has 0 bridgehead atoms. The predicted octanol–water partition coefficient (Wildman–Crippen LogP) is 5.17. The summed E-state index contributed by atoms with van der Waals surface area (Å²) < 4.78 is 31.3. The molecule has 1 heterocycles. The van der Waals surface area contributed by atoms with Crippen LogP contribution in [0.5, 0.6) is 0 Å². The number of Topliss-reactive ketones (excluding diaryl/α,β-unsaturated/α-hetero) is 1. The van der Waals surface area contributed by atoms with Gasteiger partial charge in [0.25, 0.3) is 5.78 Å². The molecule has 4 aromatic rings. The lowest BCUT2D eigenvalue weighted by Crippen LogP contribution is -2.39. The fraction of sp³-hybridized carbons (Fsp3) is 0.233. The minimum atomic E-state index is -4.08. The first-order valence-corrected chi connectivity index (χ1v) is 14.0. The van der Waals surface area contributed by atoms with Crippen molar-refractivity contribution in [2.75, 3.05) is 19.0 Å². The highest BCUT2D eigenvalue weighted by atomic mass is 32.2. The number of hydrogen-bond donors (Lipinski definition) is 0. The quantitative estimate of drug-likeness (QED) is 0.257. The van der Waals surface area contributed by atoms with E-state index in [0.29, 0.717) is 23.4 Å². The fourth-order valence-electron chi connectivity index (χ4n) is 4.73. The maximum Gasteiger partial charge on any atom is 0.396 e. The van der Waals surface area contributed by atoms with Crippen LogP contribution >= 0.6 is 0 Å². The lowest BCUT2D eigenvalue weighted by Gasteiger charge is -2.21. The van der Waals surface area contributed by atoms with Crippen molar-refractivity contribution >= 4 is 27.2 Å². The van der Waals surface area contributed by atoms with Gasteiger partial charge in [0.15, 0.2) is 0 Å². The summed E-state index contributed by atoms with van der Waals surface area (Å²) in [6.07, 6.45) is 0.398. The molecule has 0 fully saturated rings. The molecule has 0 amide bonds. The van der Waals surface area contributed by atoms with Gasteiger partial charge in [0, 0.05) is 31.8 Å². The Hall–Kier alpha value is -4.33. The summed E-state index contributed by atoms with van der Waals surface area (Å²) >= 11 is 0. The van der Waals surface area contributed by atoms with Crippen LogP contribution in [0.3, 0.4) is 0 Å². The number of sulfonamides is 1. The average molecular weight is 541 g/mol. The molecule has 0 atom stereocenters. The number of fused-ring (bicyclic) bond motifs is 1. The standard InChI is InChI=1S/C30H30N5O3S/c1-20-11-17-24(18-12-20)39(37,38)33-31-29-28(36)26-25(19-30(29,2)3)32-35(23-9-7-6-8-10-23)27(26)21-13-15-22(16-14-21)34(4)5/h6-18H,19H2,1-5H3/q+1. The number of carbonyl (C=O) groups is 1. The highest BCUT2D eigenvalue weighted by Crippen LogP contribution is 2.38. The first-order chi connectivity index (χ1) is 18.5. The Morgan fingerprint density at radius 2 is 1.59 bits per heavy atom. The maximum atomic E-state index is 14.1. The summed E-state index contributed by atoms with van der Waals surface area (Å²) in [5.41, 5.74) is 4.58. The van der Waals surface area contributed by atoms with Gasteiger partial charge in [-0.2, -0.15) is 13.5 Å². The lowest BCUT2D eigenvalue weighted by atomic mass is 9.73. The molecule has 0 N–H and O–H groups in total. The molecular formula is C30H30N5O3S+. The number of rotatable bonds is 5. The second-order valence-electron chi connectivity index (χ2n) is 10.6. The Morgan fingerprint density at radius 1 is 0.949 bits per heavy atom. The van der Waals surface area contributed by atoms with Crippen molar-refractivity contribution in [3.8, 4) is 16.9 Å². The monoisotopic (exact) mass is 540 g/mol. The van der Waals surface area contributed by atoms with Crippen LogP contribution in [0, 0.1) is 12.3 Å². The van der Waals surface area contributed by atoms with E-state index in [4.69, 9.17) is 5.10 Å². The largest absolute Gasteiger partial charge is 0.396 e. The number of hydrogen-bond acceptors (Lipinski definition) is 5. The number of carbonyl (C=O) groups excluding carboxylic acids is 1. The zero-order valence-corrected chi connectivity index (χ0v) is 23.4. The van der Waals surface area contributed by atoms with Crippen LogP contribution in [-0.4, -0.2) is 48.6 Å². The molecule has 0 radical (unpaired) electrons. The second-order valence-corrected chi connectivity index (χ2v) is 12.2. The van der Waals surface area contributed by atoms with Crippen LogP contribution in [0.15, 0.2) is 88.3 Å². The van der Waals surface area contributed by atoms with Gasteiger partial charge in [-0.1, -0.05) is 48.0 Å². The maximum absolute atomic E-state index is 14.1. The Bertz CT molecular complexity index is 1730. The number of aromatic nitrogens is 2. The minimum absolute atomic E-state index is 0.0257. The molecule has 0 saturated heterocycles. The first kappa shape index (κ1) is 26.3. The Morgan fingerprint density at radius 3 is 2.21 bits per heavy atom. The molecule has 5 rings (SSSR count). The Kier molecular flexibility index (Phi) is 6.58. The summed E-state index contributed by atoms with van der Waals surface area (Å²) in [7, 11) is -0.149. The van der Waals surface area contributed by atoms with Gasteiger partial charge < -0.3 is 4.90 Å². The summed E-state index contributed by atoms with van der Waals surface area (Å²) in [6.45, 7) is 5.58. The summed E-state index contributed by atoms with van der Waals surface area (Å²) in [5.74, 6) is -0.377. The molecular weight excluding hydrogens is 510 g/mol. The highest BCUT2D eigenvalue weighted by Gasteiger charge is 2.50. The van der Waals surface area contributed by atoms with E-state index in [1.807, 2.05) is 94.4 Å². The van der Waals surface area contributed by atoms with Gasteiger partial charge in [0.2, 0.25) is 4.52 Å². The summed E-state index contributed by atoms with van der Waals surface area (Å²) in [4.78, 5) is 20.2. The van der Waals surface area contributed by atoms with Crippen LogP contribution in [0.4, 0.5) is 5.69 Å². The molecule has 0 spiro atoms. The third-order valence-electron chi connectivity index (χ3n) is 6.88. The van der Waals surface area contributed by atoms with Crippen molar-refractivity contribution in [3.05, 3.63) is 95.7 Å². The van der Waals surface area contributed by atoms with E-state index in [9.17, 15) is 13.2 Å². The zero-order valence-electron chi connectivity index (χ0n) is 22.6. The third kappa shape index (κ3) is 4.94. The Labute approximate surface area is 228 Å². The van der Waals surface area contributed by atoms with Crippen LogP contribution in [0.2, 0.25) is 0 Å². The number of para-hydroxylation sites is 1. The van der Waals surface area contributed by atoms with E-state index < -0.39 is 15.4 Å². The lowest BCUT2D eigenvalue weighted by molar-refractivity contribution is -0.0794. The van der Waals surface area contributed by atoms with Gasteiger partial charge in [-0.3, -0.25) is 4.79 Å². The van der Waals surface area contributed by atoms with Crippen LogP contribution in [-0.2, 0) is 16.4 Å². The van der Waals surface area contributed by atoms with Crippen molar-refractivity contribution < 1.29 is 18.0 Å². The number of nitrogens with zero attached hydrogens (tertiary/aromatic N) is 5. The van der Waals surface area contributed by atoms with E-state index in [1.165, 1.54) is 12.1 Å². The van der Waals surface area contributed by atoms with Gasteiger partial charge in [0.05, 0.1) is 37.7 Å². The number of ketones is 1. The van der Waals surface area contributed by atoms with E-state index >= 15 is 0 Å². The number of benzene rings is 3. The van der Waals surface area contributed by atoms with Crippen molar-refractivity contribution in [1.82, 2.24) is 9.78 Å². The van der Waals surface area contributed by atoms with E-state index in [2.05, 4.69) is 9.31 Å². The number of aryl methyl sites for hydroxylation is 1. The molecule has 198 valence electrons. The molecule has 0 saturated carbocycles. The molecule has 8 nitrogen and oxygen atoms in total. The molecule has 1 aliphatic rings. The molecule has 0 unspecified atom stereocenters. The first-order valence-electron chi connectivity index (χ1n) is 12.6. The normalized spacial score (nSPS) is 14.5. The average Bonchev–Trinajstić information content (AvgIpc) is 3.27. The van der Waals surface area contributed by atoms with E-state index in [0.717, 1.165) is 22.5 Å². The summed E-state index contributed by atoms with van der Waals surface area (Å²) in [6, 6.07) is 23.9. The van der Waals surface area contributed by atoms with Gasteiger partial charge in [0.1, 0.15) is 0 Å². The van der Waals surface area contributed by atoms with E-state index in [-0.39, 0.29) is 16.4 Å². The molecule has 3 aromatic carbocycles. The molecule has 1 aliphatic carbocycles. The van der Waals surface area contributed by atoms with Gasteiger partial charge in [-0.25, -0.2) is 4.68 Å². The van der Waals surface area contributed by atoms with Crippen molar-refractivity contribution in [2.24, 2.45) is 9.93 Å². The SMILES string of the molecule is Cc1ccc(S(=O)(=O)N=[N+]=C2C(=O)c3c(nn(-c4ccccc4)c3-c3ccc(N(C)C)cc3)CC2(C)C)cc1.